The van der Waals surface area contributed by atoms with Crippen molar-refractivity contribution in [2.24, 2.45) is 15.6 Å². The van der Waals surface area contributed by atoms with Crippen molar-refractivity contribution in [2.45, 2.75) is 33.6 Å². The Morgan fingerprint density at radius 3 is 2.44 bits per heavy atom. The van der Waals surface area contributed by atoms with Crippen molar-refractivity contribution in [2.75, 3.05) is 0 Å². The summed E-state index contributed by atoms with van der Waals surface area (Å²) in [7, 11) is 0. The smallest absolute Gasteiger partial charge is 0.143 e. The maximum absolute atomic E-state index is 11.9. The molecule has 0 unspecified atom stereocenters. The van der Waals surface area contributed by atoms with Crippen LogP contribution in [0.15, 0.2) is 40.5 Å². The van der Waals surface area contributed by atoms with Crippen LogP contribution in [0, 0.1) is 5.41 Å². The highest BCUT2D eigenvalue weighted by Crippen LogP contribution is 2.20. The third kappa shape index (κ3) is 2.92. The molecule has 0 amide bonds. The van der Waals surface area contributed by atoms with E-state index in [9.17, 15) is 4.79 Å². The fourth-order valence-corrected chi connectivity index (χ4v) is 1.73. The summed E-state index contributed by atoms with van der Waals surface area (Å²) in [5.74, 6) is 0.214. The number of carbonyl (C=O) groups excluding carboxylic acids is 1. The van der Waals surface area contributed by atoms with Crippen LogP contribution in [0.1, 0.15) is 39.2 Å². The first-order chi connectivity index (χ1) is 8.47. The molecule has 0 saturated heterocycles. The van der Waals surface area contributed by atoms with Crippen molar-refractivity contribution >= 4 is 17.2 Å². The Kier molecular flexibility index (Phi) is 3.41. The van der Waals surface area contributed by atoms with Crippen LogP contribution in [0.25, 0.3) is 0 Å². The second-order valence-electron chi connectivity index (χ2n) is 5.61. The molecule has 2 rings (SSSR count). The number of hydrogen-bond donors (Lipinski definition) is 0. The van der Waals surface area contributed by atoms with Gasteiger partial charge in [-0.1, -0.05) is 51.1 Å². The van der Waals surface area contributed by atoms with E-state index in [1.54, 1.807) is 0 Å². The second-order valence-corrected chi connectivity index (χ2v) is 5.61. The summed E-state index contributed by atoms with van der Waals surface area (Å²) in [5.41, 5.74) is 2.60. The van der Waals surface area contributed by atoms with Crippen molar-refractivity contribution in [3.8, 4) is 0 Å². The molecule has 0 spiro atoms. The van der Waals surface area contributed by atoms with Crippen LogP contribution in [-0.2, 0) is 4.79 Å². The first-order valence-electron chi connectivity index (χ1n) is 6.18. The van der Waals surface area contributed by atoms with Gasteiger partial charge in [0.2, 0.25) is 0 Å². The lowest BCUT2D eigenvalue weighted by Gasteiger charge is -2.15. The standard InChI is InChI=1S/C15H18N2O/c1-15(2,3)14(18)10-12-9-13(17-16-12)11-7-5-4-6-8-11/h4-8H,9-10H2,1-3H3. The highest BCUT2D eigenvalue weighted by atomic mass is 16.1. The second kappa shape index (κ2) is 4.84. The molecule has 3 nitrogen and oxygen atoms in total. The molecule has 1 aliphatic rings. The largest absolute Gasteiger partial charge is 0.299 e. The number of benzene rings is 1. The number of Topliss-reactive ketones (excluding diaryl/α,β-unsaturated/α-hetero) is 1. The lowest BCUT2D eigenvalue weighted by atomic mass is 9.87. The molecule has 1 aromatic carbocycles. The van der Waals surface area contributed by atoms with E-state index in [0.717, 1.165) is 17.0 Å². The van der Waals surface area contributed by atoms with Crippen molar-refractivity contribution in [1.29, 1.82) is 0 Å². The third-order valence-electron chi connectivity index (χ3n) is 2.99. The Morgan fingerprint density at radius 2 is 1.83 bits per heavy atom. The van der Waals surface area contributed by atoms with E-state index in [4.69, 9.17) is 0 Å². The summed E-state index contributed by atoms with van der Waals surface area (Å²) in [6.45, 7) is 5.80. The first kappa shape index (κ1) is 12.7. The summed E-state index contributed by atoms with van der Waals surface area (Å²) in [6, 6.07) is 9.97. The van der Waals surface area contributed by atoms with Gasteiger partial charge in [0.15, 0.2) is 0 Å². The molecule has 0 N–H and O–H groups in total. The first-order valence-corrected chi connectivity index (χ1v) is 6.18. The Bertz CT molecular complexity index is 507. The average Bonchev–Trinajstić information content (AvgIpc) is 2.77. The van der Waals surface area contributed by atoms with Gasteiger partial charge in [-0.15, -0.1) is 0 Å². The molecule has 18 heavy (non-hydrogen) atoms. The molecule has 0 saturated carbocycles. The van der Waals surface area contributed by atoms with Crippen LogP contribution in [0.4, 0.5) is 0 Å². The minimum atomic E-state index is -0.308. The molecule has 3 heteroatoms. The van der Waals surface area contributed by atoms with E-state index in [1.807, 2.05) is 51.1 Å². The summed E-state index contributed by atoms with van der Waals surface area (Å²) < 4.78 is 0. The van der Waals surface area contributed by atoms with Crippen LogP contribution in [0.5, 0.6) is 0 Å². The number of hydrogen-bond acceptors (Lipinski definition) is 3. The lowest BCUT2D eigenvalue weighted by Crippen LogP contribution is -2.23. The molecule has 0 aliphatic carbocycles. The minimum absolute atomic E-state index is 0.214. The number of carbonyl (C=O) groups is 1. The van der Waals surface area contributed by atoms with E-state index in [2.05, 4.69) is 10.2 Å². The zero-order valence-electron chi connectivity index (χ0n) is 11.1. The van der Waals surface area contributed by atoms with Crippen molar-refractivity contribution < 1.29 is 4.79 Å². The van der Waals surface area contributed by atoms with E-state index in [1.165, 1.54) is 0 Å². The van der Waals surface area contributed by atoms with Gasteiger partial charge >= 0.3 is 0 Å². The summed E-state index contributed by atoms with van der Waals surface area (Å²) in [4.78, 5) is 11.9. The fraction of sp³-hybridized carbons (Fsp3) is 0.400. The molecule has 1 heterocycles. The topological polar surface area (TPSA) is 41.8 Å². The molecule has 0 radical (unpaired) electrons. The van der Waals surface area contributed by atoms with E-state index in [0.29, 0.717) is 12.8 Å². The normalized spacial score (nSPS) is 15.3. The van der Waals surface area contributed by atoms with Crippen molar-refractivity contribution in [1.82, 2.24) is 0 Å². The Morgan fingerprint density at radius 1 is 1.17 bits per heavy atom. The molecular formula is C15H18N2O. The molecular weight excluding hydrogens is 224 g/mol. The molecule has 94 valence electrons. The van der Waals surface area contributed by atoms with Crippen molar-refractivity contribution in [3.05, 3.63) is 35.9 Å². The van der Waals surface area contributed by atoms with Crippen LogP contribution >= 0.6 is 0 Å². The zero-order chi connectivity index (χ0) is 13.2. The van der Waals surface area contributed by atoms with Gasteiger partial charge in [-0.05, 0) is 5.56 Å². The third-order valence-corrected chi connectivity index (χ3v) is 2.99. The van der Waals surface area contributed by atoms with E-state index < -0.39 is 0 Å². The van der Waals surface area contributed by atoms with Gasteiger partial charge < -0.3 is 0 Å². The fourth-order valence-electron chi connectivity index (χ4n) is 1.73. The highest BCUT2D eigenvalue weighted by Gasteiger charge is 2.24. The number of ketones is 1. The number of rotatable bonds is 3. The summed E-state index contributed by atoms with van der Waals surface area (Å²) >= 11 is 0. The van der Waals surface area contributed by atoms with E-state index >= 15 is 0 Å². The van der Waals surface area contributed by atoms with Gasteiger partial charge in [-0.3, -0.25) is 4.79 Å². The molecule has 0 atom stereocenters. The summed E-state index contributed by atoms with van der Waals surface area (Å²) in [6.07, 6.45) is 1.09. The Hall–Kier alpha value is -1.77. The van der Waals surface area contributed by atoms with Gasteiger partial charge in [0.1, 0.15) is 5.78 Å². The van der Waals surface area contributed by atoms with Crippen LogP contribution in [0.3, 0.4) is 0 Å². The molecule has 0 bridgehead atoms. The molecule has 1 aliphatic heterocycles. The maximum Gasteiger partial charge on any atom is 0.143 e. The van der Waals surface area contributed by atoms with Crippen LogP contribution < -0.4 is 0 Å². The lowest BCUT2D eigenvalue weighted by molar-refractivity contribution is -0.125. The van der Waals surface area contributed by atoms with Gasteiger partial charge in [0, 0.05) is 18.3 Å². The number of nitrogens with zero attached hydrogens (tertiary/aromatic N) is 2. The van der Waals surface area contributed by atoms with Crippen molar-refractivity contribution in [3.63, 3.8) is 0 Å². The van der Waals surface area contributed by atoms with Gasteiger partial charge in [0.05, 0.1) is 11.4 Å². The predicted octanol–water partition coefficient (Wildman–Crippen LogP) is 3.24. The SMILES string of the molecule is CC(C)(C)C(=O)CC1=NN=C(c2ccccc2)C1. The predicted molar refractivity (Wildman–Crippen MR) is 74.1 cm³/mol. The van der Waals surface area contributed by atoms with Crippen LogP contribution in [0.2, 0.25) is 0 Å². The molecule has 0 aromatic heterocycles. The molecule has 1 aromatic rings. The van der Waals surface area contributed by atoms with Gasteiger partial charge in [-0.25, -0.2) is 0 Å². The minimum Gasteiger partial charge on any atom is -0.299 e. The highest BCUT2D eigenvalue weighted by molar-refractivity contribution is 6.19. The monoisotopic (exact) mass is 242 g/mol. The quantitative estimate of drug-likeness (QED) is 0.802. The van der Waals surface area contributed by atoms with Gasteiger partial charge in [-0.2, -0.15) is 10.2 Å². The zero-order valence-corrected chi connectivity index (χ0v) is 11.1. The van der Waals surface area contributed by atoms with Crippen LogP contribution in [-0.4, -0.2) is 17.2 Å². The average molecular weight is 242 g/mol. The molecule has 0 fully saturated rings. The van der Waals surface area contributed by atoms with Gasteiger partial charge in [0.25, 0.3) is 0 Å². The maximum atomic E-state index is 11.9. The summed E-state index contributed by atoms with van der Waals surface area (Å²) in [5, 5.41) is 8.31. The Labute approximate surface area is 108 Å². The van der Waals surface area contributed by atoms with E-state index in [-0.39, 0.29) is 11.2 Å². The Balaban J connectivity index is 1.98.